The van der Waals surface area contributed by atoms with E-state index in [-0.39, 0.29) is 12.8 Å². The van der Waals surface area contributed by atoms with Crippen LogP contribution in [0.5, 0.6) is 0 Å². The molecule has 11 heavy (non-hydrogen) atoms. The van der Waals surface area contributed by atoms with Crippen molar-refractivity contribution >= 4 is 0 Å². The second-order valence-electron chi connectivity index (χ2n) is 2.12. The van der Waals surface area contributed by atoms with Gasteiger partial charge in [-0.05, 0) is 6.42 Å². The first-order valence-corrected chi connectivity index (χ1v) is 3.54. The number of rotatable bonds is 6. The maximum Gasteiger partial charge on any atom is 0.294 e. The predicted molar refractivity (Wildman–Crippen MR) is 42.1 cm³/mol. The van der Waals surface area contributed by atoms with E-state index < -0.39 is 5.09 Å². The Morgan fingerprint density at radius 3 is 2.45 bits per heavy atom. The highest BCUT2D eigenvalue weighted by atomic mass is 16.9. The Kier molecular flexibility index (Phi) is 10.7. The monoisotopic (exact) mass is 164 g/mol. The van der Waals surface area contributed by atoms with Crippen molar-refractivity contribution in [2.24, 2.45) is 0 Å². The van der Waals surface area contributed by atoms with Crippen LogP contribution in [0.4, 0.5) is 0 Å². The van der Waals surface area contributed by atoms with E-state index in [0.717, 1.165) is 25.7 Å². The minimum absolute atomic E-state index is 0. The molecule has 0 aromatic carbocycles. The summed E-state index contributed by atoms with van der Waals surface area (Å²) in [4.78, 5) is 13.7. The van der Waals surface area contributed by atoms with Crippen LogP contribution in [0.1, 0.15) is 32.6 Å². The maximum absolute atomic E-state index is 9.62. The second-order valence-corrected chi connectivity index (χ2v) is 2.12. The van der Waals surface area contributed by atoms with Crippen LogP contribution in [0.25, 0.3) is 0 Å². The van der Waals surface area contributed by atoms with Crippen LogP contribution in [0.3, 0.4) is 0 Å². The standard InChI is InChI=1S/C6H13NO3.H3N/c1-2-3-4-5-6-10-7(8)9;/h2-6H2,1H3;1H3. The van der Waals surface area contributed by atoms with Crippen molar-refractivity contribution in [3.05, 3.63) is 10.1 Å². The van der Waals surface area contributed by atoms with Crippen molar-refractivity contribution in [3.63, 3.8) is 0 Å². The molecule has 0 unspecified atom stereocenters. The molecule has 0 rings (SSSR count). The molecule has 0 heterocycles. The van der Waals surface area contributed by atoms with Gasteiger partial charge in [0.25, 0.3) is 5.09 Å². The predicted octanol–water partition coefficient (Wildman–Crippen LogP) is 1.94. The van der Waals surface area contributed by atoms with E-state index in [2.05, 4.69) is 11.8 Å². The van der Waals surface area contributed by atoms with Crippen molar-refractivity contribution in [1.29, 1.82) is 0 Å². The average molecular weight is 164 g/mol. The molecule has 0 saturated heterocycles. The topological polar surface area (TPSA) is 87.4 Å². The van der Waals surface area contributed by atoms with Gasteiger partial charge in [0, 0.05) is 0 Å². The SMILES string of the molecule is CCCCCCO[N+](=O)[O-].N. The van der Waals surface area contributed by atoms with Crippen molar-refractivity contribution in [1.82, 2.24) is 6.15 Å². The molecular formula is C6H16N2O3. The van der Waals surface area contributed by atoms with Gasteiger partial charge in [0.2, 0.25) is 0 Å². The number of unbranched alkanes of at least 4 members (excludes halogenated alkanes) is 3. The van der Waals surface area contributed by atoms with Crippen LogP contribution in [0.15, 0.2) is 0 Å². The summed E-state index contributed by atoms with van der Waals surface area (Å²) in [6, 6.07) is 0. The Bertz CT molecular complexity index is 97.8. The van der Waals surface area contributed by atoms with Gasteiger partial charge in [-0.3, -0.25) is 0 Å². The third kappa shape index (κ3) is 12.4. The number of nitrogens with zero attached hydrogens (tertiary/aromatic N) is 1. The van der Waals surface area contributed by atoms with Crippen LogP contribution in [-0.2, 0) is 4.84 Å². The highest BCUT2D eigenvalue weighted by molar-refractivity contribution is 4.36. The average Bonchev–Trinajstić information content (AvgIpc) is 1.87. The molecule has 5 heteroatoms. The molecule has 0 aliphatic heterocycles. The van der Waals surface area contributed by atoms with Gasteiger partial charge >= 0.3 is 0 Å². The summed E-state index contributed by atoms with van der Waals surface area (Å²) >= 11 is 0. The normalized spacial score (nSPS) is 8.45. The molecule has 0 radical (unpaired) electrons. The van der Waals surface area contributed by atoms with E-state index in [1.165, 1.54) is 0 Å². The number of hydrogen-bond acceptors (Lipinski definition) is 4. The zero-order valence-electron chi connectivity index (χ0n) is 6.91. The zero-order valence-corrected chi connectivity index (χ0v) is 6.91. The molecule has 3 N–H and O–H groups in total. The number of hydrogen-bond donors (Lipinski definition) is 1. The molecule has 0 fully saturated rings. The Balaban J connectivity index is 0. The second kappa shape index (κ2) is 9.16. The fraction of sp³-hybridized carbons (Fsp3) is 1.00. The molecule has 0 amide bonds. The highest BCUT2D eigenvalue weighted by Gasteiger charge is 1.92. The minimum atomic E-state index is -0.744. The summed E-state index contributed by atoms with van der Waals surface area (Å²) < 4.78 is 0. The molecule has 0 atom stereocenters. The summed E-state index contributed by atoms with van der Waals surface area (Å²) in [5, 5.41) is 8.87. The Morgan fingerprint density at radius 2 is 2.00 bits per heavy atom. The molecule has 5 nitrogen and oxygen atoms in total. The first-order chi connectivity index (χ1) is 4.77. The lowest BCUT2D eigenvalue weighted by Crippen LogP contribution is -2.01. The third-order valence-corrected chi connectivity index (χ3v) is 1.19. The van der Waals surface area contributed by atoms with E-state index in [9.17, 15) is 10.1 Å². The van der Waals surface area contributed by atoms with Gasteiger partial charge in [0.15, 0.2) is 0 Å². The van der Waals surface area contributed by atoms with Gasteiger partial charge in [0.05, 0.1) is 6.61 Å². The highest BCUT2D eigenvalue weighted by Crippen LogP contribution is 1.98. The molecule has 0 saturated carbocycles. The van der Waals surface area contributed by atoms with Gasteiger partial charge in [0.1, 0.15) is 0 Å². The van der Waals surface area contributed by atoms with E-state index in [4.69, 9.17) is 0 Å². The molecule has 0 aliphatic rings. The first-order valence-electron chi connectivity index (χ1n) is 3.54. The van der Waals surface area contributed by atoms with Gasteiger partial charge < -0.3 is 11.0 Å². The molecule has 0 spiro atoms. The first kappa shape index (κ1) is 12.8. The van der Waals surface area contributed by atoms with E-state index in [0.29, 0.717) is 0 Å². The van der Waals surface area contributed by atoms with E-state index in [1.54, 1.807) is 0 Å². The van der Waals surface area contributed by atoms with E-state index >= 15 is 0 Å². The van der Waals surface area contributed by atoms with Crippen molar-refractivity contribution in [2.45, 2.75) is 32.6 Å². The van der Waals surface area contributed by atoms with Crippen molar-refractivity contribution in [3.8, 4) is 0 Å². The van der Waals surface area contributed by atoms with Crippen LogP contribution < -0.4 is 6.15 Å². The lowest BCUT2D eigenvalue weighted by molar-refractivity contribution is -0.757. The van der Waals surface area contributed by atoms with Gasteiger partial charge in [-0.15, -0.1) is 10.1 Å². The van der Waals surface area contributed by atoms with Crippen LogP contribution in [0.2, 0.25) is 0 Å². The fourth-order valence-electron chi connectivity index (χ4n) is 0.668. The quantitative estimate of drug-likeness (QED) is 0.369. The Labute approximate surface area is 66.4 Å². The molecule has 0 aromatic rings. The van der Waals surface area contributed by atoms with Gasteiger partial charge in [-0.2, -0.15) is 0 Å². The van der Waals surface area contributed by atoms with Gasteiger partial charge in [-0.25, -0.2) is 0 Å². The third-order valence-electron chi connectivity index (χ3n) is 1.19. The summed E-state index contributed by atoms with van der Waals surface area (Å²) in [6.07, 6.45) is 4.07. The summed E-state index contributed by atoms with van der Waals surface area (Å²) in [7, 11) is 0. The summed E-state index contributed by atoms with van der Waals surface area (Å²) in [5.41, 5.74) is 0. The molecule has 68 valence electrons. The van der Waals surface area contributed by atoms with Crippen LogP contribution in [-0.4, -0.2) is 11.7 Å². The van der Waals surface area contributed by atoms with Crippen LogP contribution in [0, 0.1) is 10.1 Å². The molecule has 0 bridgehead atoms. The van der Waals surface area contributed by atoms with Gasteiger partial charge in [-0.1, -0.05) is 26.2 Å². The van der Waals surface area contributed by atoms with Crippen molar-refractivity contribution in [2.75, 3.05) is 6.61 Å². The molecular weight excluding hydrogens is 148 g/mol. The van der Waals surface area contributed by atoms with Crippen LogP contribution >= 0.6 is 0 Å². The van der Waals surface area contributed by atoms with Crippen molar-refractivity contribution < 1.29 is 9.92 Å². The zero-order chi connectivity index (χ0) is 7.82. The lowest BCUT2D eigenvalue weighted by Gasteiger charge is -1.96. The molecule has 0 aliphatic carbocycles. The Hall–Kier alpha value is -0.840. The lowest BCUT2D eigenvalue weighted by atomic mass is 10.2. The summed E-state index contributed by atoms with van der Waals surface area (Å²) in [6.45, 7) is 2.33. The van der Waals surface area contributed by atoms with E-state index in [1.807, 2.05) is 0 Å². The smallest absolute Gasteiger partial charge is 0.294 e. The Morgan fingerprint density at radius 1 is 1.36 bits per heavy atom. The molecule has 0 aromatic heterocycles. The fourth-order valence-corrected chi connectivity index (χ4v) is 0.668. The largest absolute Gasteiger partial charge is 0.344 e. The summed E-state index contributed by atoms with van der Waals surface area (Å²) in [5.74, 6) is 0. The minimum Gasteiger partial charge on any atom is -0.344 e. The maximum atomic E-state index is 9.62.